The first-order valence-corrected chi connectivity index (χ1v) is 6.31. The zero-order valence-electron chi connectivity index (χ0n) is 11.5. The first kappa shape index (κ1) is 14.2. The van der Waals surface area contributed by atoms with Crippen LogP contribution >= 0.6 is 0 Å². The second-order valence-electron chi connectivity index (χ2n) is 5.38. The smallest absolute Gasteiger partial charge is 0.0553 e. The average Bonchev–Trinajstić information content (AvgIpc) is 2.29. The molecule has 0 fully saturated rings. The molecule has 0 aromatic heterocycles. The molecule has 17 heavy (non-hydrogen) atoms. The van der Waals surface area contributed by atoms with Gasteiger partial charge in [-0.3, -0.25) is 0 Å². The Balaban J connectivity index is 3.06. The van der Waals surface area contributed by atoms with Crippen LogP contribution in [0, 0.1) is 0 Å². The van der Waals surface area contributed by atoms with Crippen molar-refractivity contribution in [1.29, 1.82) is 0 Å². The van der Waals surface area contributed by atoms with Crippen LogP contribution in [0.2, 0.25) is 0 Å². The van der Waals surface area contributed by atoms with E-state index in [1.807, 2.05) is 0 Å². The third-order valence-electron chi connectivity index (χ3n) is 3.33. The van der Waals surface area contributed by atoms with E-state index in [9.17, 15) is 0 Å². The van der Waals surface area contributed by atoms with Crippen LogP contribution in [0.3, 0.4) is 0 Å². The van der Waals surface area contributed by atoms with Gasteiger partial charge < -0.3 is 10.5 Å². The van der Waals surface area contributed by atoms with Crippen molar-refractivity contribution < 1.29 is 4.74 Å². The predicted octanol–water partition coefficient (Wildman–Crippen LogP) is 3.06. The van der Waals surface area contributed by atoms with Crippen LogP contribution in [0.1, 0.15) is 44.2 Å². The van der Waals surface area contributed by atoms with Crippen LogP contribution in [0.25, 0.3) is 0 Å². The third kappa shape index (κ3) is 3.55. The Morgan fingerprint density at radius 1 is 1.29 bits per heavy atom. The lowest BCUT2D eigenvalue weighted by atomic mass is 9.79. The van der Waals surface area contributed by atoms with Gasteiger partial charge in [0.05, 0.1) is 6.61 Å². The number of ether oxygens (including phenoxy) is 1. The van der Waals surface area contributed by atoms with Crippen molar-refractivity contribution in [1.82, 2.24) is 0 Å². The highest BCUT2D eigenvalue weighted by atomic mass is 16.5. The molecule has 1 aromatic carbocycles. The maximum Gasteiger partial charge on any atom is 0.0553 e. The van der Waals surface area contributed by atoms with Crippen molar-refractivity contribution in [2.24, 2.45) is 5.73 Å². The van der Waals surface area contributed by atoms with Gasteiger partial charge >= 0.3 is 0 Å². The molecule has 0 aliphatic heterocycles. The molecular formula is C15H25NO. The highest BCUT2D eigenvalue weighted by molar-refractivity contribution is 5.35. The Bertz CT molecular complexity index is 347. The fourth-order valence-corrected chi connectivity index (χ4v) is 2.39. The third-order valence-corrected chi connectivity index (χ3v) is 3.33. The fourth-order valence-electron chi connectivity index (χ4n) is 2.39. The molecule has 1 aromatic rings. The van der Waals surface area contributed by atoms with E-state index < -0.39 is 0 Å². The Morgan fingerprint density at radius 2 is 1.94 bits per heavy atom. The van der Waals surface area contributed by atoms with Gasteiger partial charge in [0.2, 0.25) is 0 Å². The number of rotatable bonds is 6. The number of hydrogen-bond acceptors (Lipinski definition) is 2. The molecule has 0 aliphatic carbocycles. The fraction of sp³-hybridized carbons (Fsp3) is 0.600. The average molecular weight is 235 g/mol. The first-order valence-electron chi connectivity index (χ1n) is 6.31. The lowest BCUT2D eigenvalue weighted by molar-refractivity contribution is 0.146. The van der Waals surface area contributed by atoms with E-state index in [0.29, 0.717) is 5.92 Å². The molecule has 1 atom stereocenters. The van der Waals surface area contributed by atoms with Crippen LogP contribution in [0.15, 0.2) is 24.3 Å². The van der Waals surface area contributed by atoms with Gasteiger partial charge in [-0.15, -0.1) is 0 Å². The van der Waals surface area contributed by atoms with Gasteiger partial charge in [0.25, 0.3) is 0 Å². The van der Waals surface area contributed by atoms with Crippen LogP contribution in [-0.2, 0) is 10.2 Å². The summed E-state index contributed by atoms with van der Waals surface area (Å²) in [7, 11) is 1.76. The van der Waals surface area contributed by atoms with E-state index in [1.165, 1.54) is 11.1 Å². The summed E-state index contributed by atoms with van der Waals surface area (Å²) in [6, 6.07) is 8.63. The van der Waals surface area contributed by atoms with Crippen molar-refractivity contribution in [3.8, 4) is 0 Å². The molecule has 2 heteroatoms. The first-order chi connectivity index (χ1) is 8.03. The van der Waals surface area contributed by atoms with Crippen LogP contribution in [0.4, 0.5) is 0 Å². The summed E-state index contributed by atoms with van der Waals surface area (Å²) in [6.07, 6.45) is 1.03. The largest absolute Gasteiger partial charge is 0.384 e. The SMILES string of the molecule is COCC(C)(C)c1ccccc1C(C)CCN. The number of benzene rings is 1. The molecule has 0 heterocycles. The van der Waals surface area contributed by atoms with E-state index in [0.717, 1.165) is 19.6 Å². The van der Waals surface area contributed by atoms with Gasteiger partial charge in [-0.05, 0) is 30.0 Å². The van der Waals surface area contributed by atoms with Gasteiger partial charge in [-0.1, -0.05) is 45.0 Å². The van der Waals surface area contributed by atoms with Crippen molar-refractivity contribution in [3.05, 3.63) is 35.4 Å². The molecule has 0 saturated carbocycles. The van der Waals surface area contributed by atoms with Gasteiger partial charge in [0.15, 0.2) is 0 Å². The molecule has 1 rings (SSSR count). The molecule has 0 aliphatic rings. The zero-order valence-corrected chi connectivity index (χ0v) is 11.5. The summed E-state index contributed by atoms with van der Waals surface area (Å²) in [5.74, 6) is 0.507. The monoisotopic (exact) mass is 235 g/mol. The van der Waals surface area contributed by atoms with Crippen molar-refractivity contribution >= 4 is 0 Å². The quantitative estimate of drug-likeness (QED) is 0.822. The second kappa shape index (κ2) is 6.18. The molecule has 0 amide bonds. The van der Waals surface area contributed by atoms with Crippen LogP contribution < -0.4 is 5.73 Å². The lowest BCUT2D eigenvalue weighted by Crippen LogP contribution is -2.26. The lowest BCUT2D eigenvalue weighted by Gasteiger charge is -2.29. The molecule has 0 bridgehead atoms. The topological polar surface area (TPSA) is 35.2 Å². The summed E-state index contributed by atoms with van der Waals surface area (Å²) in [5.41, 5.74) is 8.49. The minimum absolute atomic E-state index is 0.0498. The Kier molecular flexibility index (Phi) is 5.16. The number of hydrogen-bond donors (Lipinski definition) is 1. The van der Waals surface area contributed by atoms with Crippen molar-refractivity contribution in [2.75, 3.05) is 20.3 Å². The molecular weight excluding hydrogens is 210 g/mol. The number of methoxy groups -OCH3 is 1. The summed E-state index contributed by atoms with van der Waals surface area (Å²) in [5, 5.41) is 0. The molecule has 2 nitrogen and oxygen atoms in total. The normalized spacial score (nSPS) is 13.7. The zero-order chi connectivity index (χ0) is 12.9. The Morgan fingerprint density at radius 3 is 2.53 bits per heavy atom. The highest BCUT2D eigenvalue weighted by Gasteiger charge is 2.24. The molecule has 96 valence electrons. The molecule has 0 saturated heterocycles. The summed E-state index contributed by atoms with van der Waals surface area (Å²) in [6.45, 7) is 8.17. The van der Waals surface area contributed by atoms with Crippen molar-refractivity contribution in [2.45, 2.75) is 38.5 Å². The van der Waals surface area contributed by atoms with Gasteiger partial charge in [0.1, 0.15) is 0 Å². The predicted molar refractivity (Wildman–Crippen MR) is 73.4 cm³/mol. The molecule has 0 spiro atoms. The van der Waals surface area contributed by atoms with E-state index in [1.54, 1.807) is 7.11 Å². The van der Waals surface area contributed by atoms with Crippen molar-refractivity contribution in [3.63, 3.8) is 0 Å². The molecule has 0 radical (unpaired) electrons. The molecule has 2 N–H and O–H groups in total. The van der Waals surface area contributed by atoms with E-state index in [-0.39, 0.29) is 5.41 Å². The summed E-state index contributed by atoms with van der Waals surface area (Å²) < 4.78 is 5.33. The van der Waals surface area contributed by atoms with E-state index >= 15 is 0 Å². The minimum Gasteiger partial charge on any atom is -0.384 e. The van der Waals surface area contributed by atoms with Gasteiger partial charge in [-0.25, -0.2) is 0 Å². The summed E-state index contributed by atoms with van der Waals surface area (Å²) in [4.78, 5) is 0. The Hall–Kier alpha value is -0.860. The second-order valence-corrected chi connectivity index (χ2v) is 5.38. The number of nitrogens with two attached hydrogens (primary N) is 1. The maximum absolute atomic E-state index is 5.66. The Labute approximate surface area is 105 Å². The van der Waals surface area contributed by atoms with Crippen LogP contribution in [-0.4, -0.2) is 20.3 Å². The van der Waals surface area contributed by atoms with Gasteiger partial charge in [-0.2, -0.15) is 0 Å². The standard InChI is InChI=1S/C15H25NO/c1-12(9-10-16)13-7-5-6-8-14(13)15(2,3)11-17-4/h5-8,12H,9-11,16H2,1-4H3. The minimum atomic E-state index is 0.0498. The highest BCUT2D eigenvalue weighted by Crippen LogP contribution is 2.32. The van der Waals surface area contributed by atoms with E-state index in [2.05, 4.69) is 45.0 Å². The summed E-state index contributed by atoms with van der Waals surface area (Å²) >= 11 is 0. The van der Waals surface area contributed by atoms with Crippen LogP contribution in [0.5, 0.6) is 0 Å². The van der Waals surface area contributed by atoms with E-state index in [4.69, 9.17) is 10.5 Å². The molecule has 1 unspecified atom stereocenters. The van der Waals surface area contributed by atoms with Gasteiger partial charge in [0, 0.05) is 12.5 Å². The maximum atomic E-state index is 5.66.